The summed E-state index contributed by atoms with van der Waals surface area (Å²) in [5.41, 5.74) is 9.72. The highest BCUT2D eigenvalue weighted by atomic mass is 16.3. The highest BCUT2D eigenvalue weighted by molar-refractivity contribution is 5.90. The van der Waals surface area contributed by atoms with Gasteiger partial charge in [0.2, 0.25) is 5.95 Å². The van der Waals surface area contributed by atoms with Crippen molar-refractivity contribution >= 4 is 22.7 Å². The van der Waals surface area contributed by atoms with Crippen LogP contribution in [0.3, 0.4) is 0 Å². The van der Waals surface area contributed by atoms with E-state index in [1.165, 1.54) is 37.1 Å². The van der Waals surface area contributed by atoms with Crippen LogP contribution in [0.2, 0.25) is 0 Å². The first-order valence-electron chi connectivity index (χ1n) is 12.1. The summed E-state index contributed by atoms with van der Waals surface area (Å²) in [4.78, 5) is 16.0. The van der Waals surface area contributed by atoms with E-state index in [1.807, 2.05) is 13.0 Å². The summed E-state index contributed by atoms with van der Waals surface area (Å²) >= 11 is 0. The van der Waals surface area contributed by atoms with Crippen molar-refractivity contribution in [3.8, 4) is 0 Å². The van der Waals surface area contributed by atoms with Gasteiger partial charge < -0.3 is 16.2 Å². The molecule has 7 heteroatoms. The molecule has 2 aromatic heterocycles. The van der Waals surface area contributed by atoms with Gasteiger partial charge in [0.15, 0.2) is 0 Å². The Morgan fingerprint density at radius 3 is 2.55 bits per heavy atom. The predicted octanol–water partition coefficient (Wildman–Crippen LogP) is 4.15. The molecular weight excluding hydrogens is 412 g/mol. The zero-order chi connectivity index (χ0) is 23.3. The van der Waals surface area contributed by atoms with Crippen molar-refractivity contribution in [2.24, 2.45) is 0 Å². The molecule has 7 nitrogen and oxygen atoms in total. The standard InChI is InChI=1S/C26H36N6O/c1-3-4-11-26(2,18-33)31-24-22-15-21(28-16-23(22)29-25(27)30-24)14-19-7-9-20(10-8-19)17-32-12-5-6-13-32/h7-10,15-16,33H,3-6,11-14,17-18H2,1-2H3,(H3,27,29,30,31)/t26-/m1/s1. The number of fused-ring (bicyclic) bond motifs is 1. The third-order valence-corrected chi connectivity index (χ3v) is 6.52. The summed E-state index contributed by atoms with van der Waals surface area (Å²) < 4.78 is 0. The number of rotatable bonds is 10. The normalized spacial score (nSPS) is 16.2. The fourth-order valence-corrected chi connectivity index (χ4v) is 4.49. The number of unbranched alkanes of at least 4 members (excludes halogenated alkanes) is 1. The minimum absolute atomic E-state index is 0.0140. The van der Waals surface area contributed by atoms with E-state index in [0.717, 1.165) is 43.3 Å². The lowest BCUT2D eigenvalue weighted by Crippen LogP contribution is -2.39. The van der Waals surface area contributed by atoms with Crippen molar-refractivity contribution in [1.82, 2.24) is 19.9 Å². The molecule has 0 unspecified atom stereocenters. The van der Waals surface area contributed by atoms with Gasteiger partial charge in [0.1, 0.15) is 5.82 Å². The van der Waals surface area contributed by atoms with Gasteiger partial charge in [0.05, 0.1) is 23.9 Å². The average Bonchev–Trinajstić information content (AvgIpc) is 3.32. The molecule has 0 spiro atoms. The Balaban J connectivity index is 1.54. The fourth-order valence-electron chi connectivity index (χ4n) is 4.49. The van der Waals surface area contributed by atoms with Gasteiger partial charge >= 0.3 is 0 Å². The number of aliphatic hydroxyl groups excluding tert-OH is 1. The van der Waals surface area contributed by atoms with Crippen LogP contribution >= 0.6 is 0 Å². The fraction of sp³-hybridized carbons (Fsp3) is 0.500. The summed E-state index contributed by atoms with van der Waals surface area (Å²) in [7, 11) is 0. The Morgan fingerprint density at radius 1 is 1.12 bits per heavy atom. The SMILES string of the molecule is CCCC[C@](C)(CO)Nc1nc(N)nc2cnc(Cc3ccc(CN4CCCC4)cc3)cc12. The topological polar surface area (TPSA) is 100 Å². The average molecular weight is 449 g/mol. The molecule has 0 saturated carbocycles. The molecule has 1 aliphatic heterocycles. The van der Waals surface area contributed by atoms with Crippen LogP contribution in [0.5, 0.6) is 0 Å². The number of nitrogens with one attached hydrogen (secondary N) is 1. The summed E-state index contributed by atoms with van der Waals surface area (Å²) in [5, 5.41) is 14.3. The number of benzene rings is 1. The second-order valence-electron chi connectivity index (χ2n) is 9.55. The van der Waals surface area contributed by atoms with Crippen LogP contribution in [0, 0.1) is 0 Å². The van der Waals surface area contributed by atoms with Gasteiger partial charge in [-0.05, 0) is 56.5 Å². The third kappa shape index (κ3) is 5.97. The Morgan fingerprint density at radius 2 is 1.85 bits per heavy atom. The molecule has 4 rings (SSSR count). The van der Waals surface area contributed by atoms with Crippen molar-refractivity contribution in [3.05, 3.63) is 53.3 Å². The number of anilines is 2. The first kappa shape index (κ1) is 23.4. The van der Waals surface area contributed by atoms with E-state index in [0.29, 0.717) is 11.3 Å². The molecule has 176 valence electrons. The third-order valence-electron chi connectivity index (χ3n) is 6.52. The molecule has 0 amide bonds. The van der Waals surface area contributed by atoms with Crippen molar-refractivity contribution in [1.29, 1.82) is 0 Å². The van der Waals surface area contributed by atoms with Gasteiger partial charge in [0.25, 0.3) is 0 Å². The molecule has 4 N–H and O–H groups in total. The molecule has 3 aromatic rings. The van der Waals surface area contributed by atoms with E-state index in [-0.39, 0.29) is 12.6 Å². The molecule has 3 heterocycles. The summed E-state index contributed by atoms with van der Waals surface area (Å²) in [6, 6.07) is 10.9. The van der Waals surface area contributed by atoms with Crippen LogP contribution in [0.25, 0.3) is 10.9 Å². The Hall–Kier alpha value is -2.77. The molecule has 0 radical (unpaired) electrons. The smallest absolute Gasteiger partial charge is 0.222 e. The number of aromatic nitrogens is 3. The van der Waals surface area contributed by atoms with Crippen LogP contribution in [0.15, 0.2) is 36.5 Å². The maximum Gasteiger partial charge on any atom is 0.222 e. The first-order valence-corrected chi connectivity index (χ1v) is 12.1. The maximum absolute atomic E-state index is 10.0. The number of hydrogen-bond acceptors (Lipinski definition) is 7. The highest BCUT2D eigenvalue weighted by Gasteiger charge is 2.24. The van der Waals surface area contributed by atoms with E-state index in [1.54, 1.807) is 6.20 Å². The first-order chi connectivity index (χ1) is 16.0. The second kappa shape index (κ2) is 10.4. The number of aliphatic hydroxyl groups is 1. The quantitative estimate of drug-likeness (QED) is 0.428. The lowest BCUT2D eigenvalue weighted by Gasteiger charge is -2.30. The van der Waals surface area contributed by atoms with E-state index in [2.05, 4.69) is 56.4 Å². The zero-order valence-corrected chi connectivity index (χ0v) is 19.8. The summed E-state index contributed by atoms with van der Waals surface area (Å²) in [6.45, 7) is 7.62. The molecule has 1 atom stereocenters. The van der Waals surface area contributed by atoms with Gasteiger partial charge in [-0.25, -0.2) is 4.98 Å². The Kier molecular flexibility index (Phi) is 7.40. The van der Waals surface area contributed by atoms with Gasteiger partial charge in [-0.1, -0.05) is 44.0 Å². The van der Waals surface area contributed by atoms with E-state index in [4.69, 9.17) is 5.73 Å². The minimum Gasteiger partial charge on any atom is -0.394 e. The van der Waals surface area contributed by atoms with Crippen LogP contribution in [0.1, 0.15) is 62.8 Å². The summed E-state index contributed by atoms with van der Waals surface area (Å²) in [5.74, 6) is 0.846. The minimum atomic E-state index is -0.474. The molecule has 33 heavy (non-hydrogen) atoms. The van der Waals surface area contributed by atoms with E-state index < -0.39 is 5.54 Å². The number of nitrogens with two attached hydrogens (primary N) is 1. The molecule has 1 saturated heterocycles. The predicted molar refractivity (Wildman–Crippen MR) is 134 cm³/mol. The molecular formula is C26H36N6O. The summed E-state index contributed by atoms with van der Waals surface area (Å²) in [6.07, 6.45) is 8.04. The van der Waals surface area contributed by atoms with Crippen molar-refractivity contribution < 1.29 is 5.11 Å². The molecule has 0 aliphatic carbocycles. The number of nitrogens with zero attached hydrogens (tertiary/aromatic N) is 4. The number of pyridine rings is 1. The van der Waals surface area contributed by atoms with Gasteiger partial charge in [0, 0.05) is 24.0 Å². The molecule has 1 fully saturated rings. The van der Waals surface area contributed by atoms with E-state index in [9.17, 15) is 5.11 Å². The Labute approximate surface area is 196 Å². The van der Waals surface area contributed by atoms with Gasteiger partial charge in [-0.3, -0.25) is 9.88 Å². The lowest BCUT2D eigenvalue weighted by atomic mass is 9.95. The zero-order valence-electron chi connectivity index (χ0n) is 19.8. The Bertz CT molecular complexity index is 1060. The monoisotopic (exact) mass is 448 g/mol. The van der Waals surface area contributed by atoms with Crippen molar-refractivity contribution in [2.75, 3.05) is 30.7 Å². The van der Waals surface area contributed by atoms with Gasteiger partial charge in [-0.15, -0.1) is 0 Å². The molecule has 1 aromatic carbocycles. The highest BCUT2D eigenvalue weighted by Crippen LogP contribution is 2.27. The number of hydrogen-bond donors (Lipinski definition) is 3. The van der Waals surface area contributed by atoms with Crippen LogP contribution < -0.4 is 11.1 Å². The maximum atomic E-state index is 10.0. The number of likely N-dealkylation sites (tertiary alicyclic amines) is 1. The van der Waals surface area contributed by atoms with Crippen LogP contribution in [0.4, 0.5) is 11.8 Å². The largest absolute Gasteiger partial charge is 0.394 e. The molecule has 0 bridgehead atoms. The van der Waals surface area contributed by atoms with Crippen LogP contribution in [-0.4, -0.2) is 50.2 Å². The number of nitrogen functional groups attached to an aromatic ring is 1. The van der Waals surface area contributed by atoms with E-state index >= 15 is 0 Å². The molecule has 1 aliphatic rings. The van der Waals surface area contributed by atoms with Gasteiger partial charge in [-0.2, -0.15) is 4.98 Å². The van der Waals surface area contributed by atoms with Crippen molar-refractivity contribution in [3.63, 3.8) is 0 Å². The van der Waals surface area contributed by atoms with Crippen molar-refractivity contribution in [2.45, 2.75) is 64.5 Å². The van der Waals surface area contributed by atoms with Crippen LogP contribution in [-0.2, 0) is 13.0 Å². The lowest BCUT2D eigenvalue weighted by molar-refractivity contribution is 0.212. The second-order valence-corrected chi connectivity index (χ2v) is 9.55.